The van der Waals surface area contributed by atoms with E-state index in [1.165, 1.54) is 12.1 Å². The lowest BCUT2D eigenvalue weighted by atomic mass is 10.1. The van der Waals surface area contributed by atoms with E-state index >= 15 is 0 Å². The molecule has 0 amide bonds. The van der Waals surface area contributed by atoms with Crippen molar-refractivity contribution in [3.05, 3.63) is 75.4 Å². The molecule has 2 unspecified atom stereocenters. The van der Waals surface area contributed by atoms with E-state index in [2.05, 4.69) is 15.4 Å². The molecule has 2 aromatic heterocycles. The number of halogens is 3. The van der Waals surface area contributed by atoms with Gasteiger partial charge in [-0.2, -0.15) is 10.4 Å². The Kier molecular flexibility index (Phi) is 6.88. The minimum Gasteiger partial charge on any atom is -0.454 e. The van der Waals surface area contributed by atoms with Gasteiger partial charge in [0.2, 0.25) is 6.35 Å². The molecule has 1 aliphatic rings. The van der Waals surface area contributed by atoms with Gasteiger partial charge in [0.25, 0.3) is 0 Å². The Morgan fingerprint density at radius 2 is 1.78 bits per heavy atom. The number of nitrogens with one attached hydrogen (secondary N) is 1. The van der Waals surface area contributed by atoms with Gasteiger partial charge in [-0.05, 0) is 61.0 Å². The Hall–Kier alpha value is -3.49. The van der Waals surface area contributed by atoms with Crippen LogP contribution >= 0.6 is 34.8 Å². The molecule has 3 N–H and O–H groups in total. The van der Waals surface area contributed by atoms with E-state index < -0.39 is 12.6 Å². The monoisotopic (exact) mass is 554 g/mol. The molecule has 186 valence electrons. The van der Waals surface area contributed by atoms with Crippen molar-refractivity contribution in [2.24, 2.45) is 5.10 Å². The zero-order valence-electron chi connectivity index (χ0n) is 19.0. The number of nitriles is 1. The number of aliphatic hydroxyl groups is 2. The fourth-order valence-corrected chi connectivity index (χ4v) is 4.45. The molecular formula is C25H17Cl3N6O3. The predicted molar refractivity (Wildman–Crippen MR) is 142 cm³/mol. The average molecular weight is 556 g/mol. The molecule has 2 atom stereocenters. The van der Waals surface area contributed by atoms with Gasteiger partial charge in [0, 0.05) is 11.6 Å². The summed E-state index contributed by atoms with van der Waals surface area (Å²) in [6.07, 6.45) is -1.22. The molecule has 3 heterocycles. The van der Waals surface area contributed by atoms with Gasteiger partial charge in [0.15, 0.2) is 17.7 Å². The average Bonchev–Trinajstić information content (AvgIpc) is 2.87. The van der Waals surface area contributed by atoms with Crippen molar-refractivity contribution >= 4 is 57.1 Å². The van der Waals surface area contributed by atoms with Crippen molar-refractivity contribution in [2.45, 2.75) is 19.5 Å². The Morgan fingerprint density at radius 1 is 1.03 bits per heavy atom. The number of aryl methyl sites for hydroxylation is 1. The van der Waals surface area contributed by atoms with Crippen molar-refractivity contribution in [3.63, 3.8) is 0 Å². The number of rotatable bonds is 4. The van der Waals surface area contributed by atoms with Crippen LogP contribution in [-0.4, -0.2) is 38.5 Å². The van der Waals surface area contributed by atoms with Crippen LogP contribution in [0.3, 0.4) is 0 Å². The van der Waals surface area contributed by atoms with E-state index in [0.29, 0.717) is 16.5 Å². The summed E-state index contributed by atoms with van der Waals surface area (Å²) in [6.45, 7) is 1.97. The van der Waals surface area contributed by atoms with E-state index in [4.69, 9.17) is 49.8 Å². The number of pyridine rings is 2. The number of aromatic nitrogens is 2. The molecule has 0 bridgehead atoms. The molecule has 0 aliphatic carbocycles. The van der Waals surface area contributed by atoms with Crippen LogP contribution in [0.15, 0.2) is 59.8 Å². The zero-order chi connectivity index (χ0) is 26.3. The van der Waals surface area contributed by atoms with Crippen molar-refractivity contribution in [1.29, 1.82) is 5.26 Å². The SMILES string of the molecule is Cc1cc(-c2ccc(Cl)cn2)nc2ccc(Oc3c(Cl)cc(N4N=C(C#N)C(O)NC4O)cc3Cl)cc12. The third kappa shape index (κ3) is 5.04. The van der Waals surface area contributed by atoms with Gasteiger partial charge in [0.05, 0.1) is 37.7 Å². The number of fused-ring (bicyclic) bond motifs is 1. The van der Waals surface area contributed by atoms with E-state index in [0.717, 1.165) is 27.2 Å². The molecule has 9 nitrogen and oxygen atoms in total. The van der Waals surface area contributed by atoms with E-state index in [1.54, 1.807) is 24.4 Å². The Labute approximate surface area is 226 Å². The highest BCUT2D eigenvalue weighted by atomic mass is 35.5. The summed E-state index contributed by atoms with van der Waals surface area (Å²) in [5.74, 6) is 0.682. The molecule has 12 heteroatoms. The van der Waals surface area contributed by atoms with E-state index in [9.17, 15) is 10.2 Å². The molecule has 0 saturated heterocycles. The van der Waals surface area contributed by atoms with Crippen molar-refractivity contribution < 1.29 is 14.9 Å². The van der Waals surface area contributed by atoms with Crippen molar-refractivity contribution in [1.82, 2.24) is 15.3 Å². The van der Waals surface area contributed by atoms with Gasteiger partial charge in [-0.3, -0.25) is 4.98 Å². The van der Waals surface area contributed by atoms with Crippen LogP contribution in [0.1, 0.15) is 5.56 Å². The maximum absolute atomic E-state index is 10.2. The van der Waals surface area contributed by atoms with Crippen molar-refractivity contribution in [3.8, 4) is 29.0 Å². The summed E-state index contributed by atoms with van der Waals surface area (Å²) < 4.78 is 6.02. The van der Waals surface area contributed by atoms with Crippen LogP contribution in [-0.2, 0) is 0 Å². The fourth-order valence-electron chi connectivity index (χ4n) is 3.79. The number of aliphatic hydroxyl groups excluding tert-OH is 2. The zero-order valence-corrected chi connectivity index (χ0v) is 21.3. The first-order chi connectivity index (χ1) is 17.7. The minimum atomic E-state index is -1.41. The first-order valence-electron chi connectivity index (χ1n) is 10.8. The van der Waals surface area contributed by atoms with Crippen LogP contribution in [0.2, 0.25) is 15.1 Å². The number of hydrogen-bond donors (Lipinski definition) is 3. The quantitative estimate of drug-likeness (QED) is 0.312. The van der Waals surface area contributed by atoms with Gasteiger partial charge in [0.1, 0.15) is 11.8 Å². The third-order valence-electron chi connectivity index (χ3n) is 5.57. The van der Waals surface area contributed by atoms with Crippen LogP contribution < -0.4 is 15.1 Å². The van der Waals surface area contributed by atoms with Crippen molar-refractivity contribution in [2.75, 3.05) is 5.01 Å². The van der Waals surface area contributed by atoms with Crippen LogP contribution in [0, 0.1) is 18.3 Å². The highest BCUT2D eigenvalue weighted by molar-refractivity contribution is 6.37. The molecule has 5 rings (SSSR count). The van der Waals surface area contributed by atoms with Gasteiger partial charge >= 0.3 is 0 Å². The molecule has 2 aromatic carbocycles. The summed E-state index contributed by atoms with van der Waals surface area (Å²) >= 11 is 18.9. The summed E-state index contributed by atoms with van der Waals surface area (Å²) in [7, 11) is 0. The molecule has 37 heavy (non-hydrogen) atoms. The Bertz CT molecular complexity index is 1570. The second kappa shape index (κ2) is 10.1. The maximum Gasteiger partial charge on any atom is 0.206 e. The number of benzene rings is 2. The largest absolute Gasteiger partial charge is 0.454 e. The summed E-state index contributed by atoms with van der Waals surface area (Å²) in [6, 6.07) is 15.6. The Balaban J connectivity index is 1.45. The number of anilines is 1. The Morgan fingerprint density at radius 3 is 2.46 bits per heavy atom. The minimum absolute atomic E-state index is 0.147. The molecule has 0 saturated carbocycles. The molecule has 1 aliphatic heterocycles. The third-order valence-corrected chi connectivity index (χ3v) is 6.36. The number of hydrazone groups is 1. The van der Waals surface area contributed by atoms with E-state index in [-0.39, 0.29) is 27.2 Å². The van der Waals surface area contributed by atoms with Gasteiger partial charge in [-0.1, -0.05) is 34.8 Å². The summed E-state index contributed by atoms with van der Waals surface area (Å²) in [5.41, 5.74) is 3.21. The normalized spacial score (nSPS) is 17.4. The lowest BCUT2D eigenvalue weighted by Gasteiger charge is -2.32. The second-order valence-corrected chi connectivity index (χ2v) is 9.34. The molecule has 0 spiro atoms. The van der Waals surface area contributed by atoms with Crippen LogP contribution in [0.25, 0.3) is 22.3 Å². The standard InChI is InChI=1S/C25H17Cl3N6O3/c1-12-6-21(20-4-2-13(26)11-30-20)31-19-5-3-15(9-16(12)19)37-23-17(27)7-14(8-18(23)28)34-25(36)32-24(35)22(10-29)33-34/h2-9,11,24-25,32,35-36H,1H3. The molecule has 4 aromatic rings. The first-order valence-corrected chi connectivity index (χ1v) is 12.0. The fraction of sp³-hybridized carbons (Fsp3) is 0.120. The predicted octanol–water partition coefficient (Wildman–Crippen LogP) is 5.24. The topological polar surface area (TPSA) is 127 Å². The highest BCUT2D eigenvalue weighted by Crippen LogP contribution is 2.41. The number of hydrogen-bond acceptors (Lipinski definition) is 9. The molecule has 0 fully saturated rings. The lowest BCUT2D eigenvalue weighted by molar-refractivity contribution is 0.0631. The molecule has 0 radical (unpaired) electrons. The van der Waals surface area contributed by atoms with E-state index in [1.807, 2.05) is 31.2 Å². The second-order valence-electron chi connectivity index (χ2n) is 8.09. The van der Waals surface area contributed by atoms with Gasteiger partial charge in [-0.25, -0.2) is 15.3 Å². The first kappa shape index (κ1) is 25.2. The lowest BCUT2D eigenvalue weighted by Crippen LogP contribution is -2.55. The highest BCUT2D eigenvalue weighted by Gasteiger charge is 2.29. The number of ether oxygens (including phenoxy) is 1. The molecular weight excluding hydrogens is 539 g/mol. The van der Waals surface area contributed by atoms with Gasteiger partial charge < -0.3 is 14.9 Å². The smallest absolute Gasteiger partial charge is 0.206 e. The summed E-state index contributed by atoms with van der Waals surface area (Å²) in [4.78, 5) is 9.05. The summed E-state index contributed by atoms with van der Waals surface area (Å²) in [5, 5.41) is 38.3. The van der Waals surface area contributed by atoms with Crippen LogP contribution in [0.4, 0.5) is 5.69 Å². The van der Waals surface area contributed by atoms with Crippen LogP contribution in [0.5, 0.6) is 11.5 Å². The number of nitrogens with zero attached hydrogens (tertiary/aromatic N) is 5. The van der Waals surface area contributed by atoms with Gasteiger partial charge in [-0.15, -0.1) is 0 Å². The maximum atomic E-state index is 10.2.